The Kier molecular flexibility index (Phi) is 5.09. The SMILES string of the molecule is COc1cc2ncnc(Nc3cccc(-n4cc(-c5ccccc5)nn4)c3)c2cc1OC. The highest BCUT2D eigenvalue weighted by Gasteiger charge is 2.12. The molecule has 32 heavy (non-hydrogen) atoms. The summed E-state index contributed by atoms with van der Waals surface area (Å²) >= 11 is 0. The summed E-state index contributed by atoms with van der Waals surface area (Å²) in [5.74, 6) is 1.89. The number of hydrogen-bond acceptors (Lipinski definition) is 7. The van der Waals surface area contributed by atoms with Gasteiger partial charge in [0.1, 0.15) is 17.8 Å². The van der Waals surface area contributed by atoms with Gasteiger partial charge in [0.2, 0.25) is 0 Å². The van der Waals surface area contributed by atoms with E-state index in [0.717, 1.165) is 33.5 Å². The zero-order valence-electron chi connectivity index (χ0n) is 17.6. The van der Waals surface area contributed by atoms with Crippen LogP contribution in [0.1, 0.15) is 0 Å². The molecule has 5 rings (SSSR count). The number of benzene rings is 3. The van der Waals surface area contributed by atoms with E-state index in [0.29, 0.717) is 17.3 Å². The number of methoxy groups -OCH3 is 2. The summed E-state index contributed by atoms with van der Waals surface area (Å²) in [7, 11) is 3.20. The smallest absolute Gasteiger partial charge is 0.162 e. The Balaban J connectivity index is 1.47. The topological polar surface area (TPSA) is 87.0 Å². The number of aromatic nitrogens is 5. The molecule has 0 aliphatic carbocycles. The van der Waals surface area contributed by atoms with Gasteiger partial charge in [0.05, 0.1) is 31.6 Å². The monoisotopic (exact) mass is 424 g/mol. The van der Waals surface area contributed by atoms with Gasteiger partial charge in [-0.05, 0) is 24.3 Å². The Labute approximate surface area is 184 Å². The minimum Gasteiger partial charge on any atom is -0.493 e. The van der Waals surface area contributed by atoms with E-state index < -0.39 is 0 Å². The van der Waals surface area contributed by atoms with Crippen LogP contribution in [0.4, 0.5) is 11.5 Å². The molecule has 0 saturated carbocycles. The van der Waals surface area contributed by atoms with Crippen molar-refractivity contribution in [3.8, 4) is 28.4 Å². The average Bonchev–Trinajstić information content (AvgIpc) is 3.35. The van der Waals surface area contributed by atoms with E-state index in [1.165, 1.54) is 6.33 Å². The largest absolute Gasteiger partial charge is 0.493 e. The van der Waals surface area contributed by atoms with Crippen LogP contribution in [0.15, 0.2) is 79.3 Å². The second-order valence-electron chi connectivity index (χ2n) is 7.04. The molecule has 0 unspecified atom stereocenters. The van der Waals surface area contributed by atoms with Crippen LogP contribution in [0.25, 0.3) is 27.8 Å². The summed E-state index contributed by atoms with van der Waals surface area (Å²) in [4.78, 5) is 8.78. The lowest BCUT2D eigenvalue weighted by atomic mass is 10.2. The molecule has 3 aromatic carbocycles. The van der Waals surface area contributed by atoms with E-state index in [-0.39, 0.29) is 0 Å². The number of fused-ring (bicyclic) bond motifs is 1. The normalized spacial score (nSPS) is 10.8. The van der Waals surface area contributed by atoms with Crippen LogP contribution in [0, 0.1) is 0 Å². The quantitative estimate of drug-likeness (QED) is 0.425. The van der Waals surface area contributed by atoms with Crippen LogP contribution in [0.3, 0.4) is 0 Å². The predicted molar refractivity (Wildman–Crippen MR) is 123 cm³/mol. The van der Waals surface area contributed by atoms with Crippen LogP contribution in [-0.4, -0.2) is 39.2 Å². The number of ether oxygens (including phenoxy) is 2. The third-order valence-corrected chi connectivity index (χ3v) is 5.08. The first-order chi connectivity index (χ1) is 15.7. The molecule has 5 aromatic rings. The highest BCUT2D eigenvalue weighted by molar-refractivity contribution is 5.93. The fourth-order valence-corrected chi connectivity index (χ4v) is 3.48. The van der Waals surface area contributed by atoms with E-state index in [1.54, 1.807) is 18.9 Å². The van der Waals surface area contributed by atoms with Crippen LogP contribution in [-0.2, 0) is 0 Å². The standard InChI is InChI=1S/C24H20N6O2/c1-31-22-12-19-20(13-23(22)32-2)25-15-26-24(19)27-17-9-6-10-18(11-17)30-14-21(28-29-30)16-7-4-3-5-8-16/h3-15H,1-2H3,(H,25,26,27). The van der Waals surface area contributed by atoms with Gasteiger partial charge in [-0.25, -0.2) is 14.6 Å². The van der Waals surface area contributed by atoms with Gasteiger partial charge in [0.25, 0.3) is 0 Å². The molecular formula is C24H20N6O2. The number of hydrogen-bond donors (Lipinski definition) is 1. The maximum atomic E-state index is 5.44. The van der Waals surface area contributed by atoms with Crippen molar-refractivity contribution in [3.05, 3.63) is 79.3 Å². The molecule has 0 saturated heterocycles. The molecule has 2 aromatic heterocycles. The van der Waals surface area contributed by atoms with Gasteiger partial charge >= 0.3 is 0 Å². The molecule has 1 N–H and O–H groups in total. The molecule has 8 nitrogen and oxygen atoms in total. The lowest BCUT2D eigenvalue weighted by Gasteiger charge is -2.12. The van der Waals surface area contributed by atoms with E-state index in [9.17, 15) is 0 Å². The van der Waals surface area contributed by atoms with Crippen molar-refractivity contribution >= 4 is 22.4 Å². The highest BCUT2D eigenvalue weighted by atomic mass is 16.5. The Hall–Kier alpha value is -4.46. The molecule has 0 fully saturated rings. The van der Waals surface area contributed by atoms with Crippen LogP contribution in [0.2, 0.25) is 0 Å². The van der Waals surface area contributed by atoms with Crippen molar-refractivity contribution < 1.29 is 9.47 Å². The maximum absolute atomic E-state index is 5.44. The third-order valence-electron chi connectivity index (χ3n) is 5.08. The average molecular weight is 424 g/mol. The van der Waals surface area contributed by atoms with Crippen molar-refractivity contribution in [1.82, 2.24) is 25.0 Å². The maximum Gasteiger partial charge on any atom is 0.162 e. The van der Waals surface area contributed by atoms with Crippen molar-refractivity contribution in [2.45, 2.75) is 0 Å². The van der Waals surface area contributed by atoms with Gasteiger partial charge in [-0.2, -0.15) is 0 Å². The van der Waals surface area contributed by atoms with E-state index in [4.69, 9.17) is 9.47 Å². The molecule has 0 amide bonds. The minimum atomic E-state index is 0.614. The van der Waals surface area contributed by atoms with Gasteiger partial charge in [-0.1, -0.05) is 41.6 Å². The van der Waals surface area contributed by atoms with Gasteiger partial charge in [-0.15, -0.1) is 5.10 Å². The zero-order valence-corrected chi connectivity index (χ0v) is 17.6. The minimum absolute atomic E-state index is 0.614. The first-order valence-corrected chi connectivity index (χ1v) is 9.97. The summed E-state index contributed by atoms with van der Waals surface area (Å²) in [6.45, 7) is 0. The van der Waals surface area contributed by atoms with E-state index >= 15 is 0 Å². The van der Waals surface area contributed by atoms with Crippen molar-refractivity contribution in [3.63, 3.8) is 0 Å². The Morgan fingerprint density at radius 3 is 2.47 bits per heavy atom. The number of nitrogens with one attached hydrogen (secondary N) is 1. The van der Waals surface area contributed by atoms with Crippen LogP contribution in [0.5, 0.6) is 11.5 Å². The molecule has 0 radical (unpaired) electrons. The fourth-order valence-electron chi connectivity index (χ4n) is 3.48. The summed E-state index contributed by atoms with van der Waals surface area (Å²) in [5.41, 5.74) is 4.31. The van der Waals surface area contributed by atoms with Gasteiger partial charge < -0.3 is 14.8 Å². The summed E-state index contributed by atoms with van der Waals surface area (Å²) < 4.78 is 12.6. The molecule has 0 aliphatic rings. The predicted octanol–water partition coefficient (Wildman–Crippen LogP) is 4.64. The Bertz CT molecular complexity index is 1380. The number of nitrogens with zero attached hydrogens (tertiary/aromatic N) is 5. The Morgan fingerprint density at radius 2 is 1.66 bits per heavy atom. The summed E-state index contributed by atoms with van der Waals surface area (Å²) in [5, 5.41) is 12.8. The van der Waals surface area contributed by atoms with Crippen molar-refractivity contribution in [2.24, 2.45) is 0 Å². The Morgan fingerprint density at radius 1 is 0.844 bits per heavy atom. The van der Waals surface area contributed by atoms with Gasteiger partial charge in [0, 0.05) is 22.7 Å². The first-order valence-electron chi connectivity index (χ1n) is 9.97. The molecule has 0 aliphatic heterocycles. The number of anilines is 2. The second-order valence-corrected chi connectivity index (χ2v) is 7.04. The van der Waals surface area contributed by atoms with Crippen LogP contribution >= 0.6 is 0 Å². The van der Waals surface area contributed by atoms with E-state index in [2.05, 4.69) is 25.6 Å². The second kappa shape index (κ2) is 8.35. The third kappa shape index (κ3) is 3.69. The zero-order chi connectivity index (χ0) is 21.9. The number of rotatable bonds is 6. The molecule has 0 atom stereocenters. The molecule has 0 spiro atoms. The summed E-state index contributed by atoms with van der Waals surface area (Å²) in [6, 6.07) is 21.5. The lowest BCUT2D eigenvalue weighted by molar-refractivity contribution is 0.356. The van der Waals surface area contributed by atoms with Crippen LogP contribution < -0.4 is 14.8 Å². The molecule has 0 bridgehead atoms. The molecule has 2 heterocycles. The van der Waals surface area contributed by atoms with Crippen molar-refractivity contribution in [2.75, 3.05) is 19.5 Å². The molecule has 8 heteroatoms. The van der Waals surface area contributed by atoms with Gasteiger partial charge in [-0.3, -0.25) is 0 Å². The van der Waals surface area contributed by atoms with Gasteiger partial charge in [0.15, 0.2) is 11.5 Å². The van der Waals surface area contributed by atoms with E-state index in [1.807, 2.05) is 72.9 Å². The first kappa shape index (κ1) is 19.5. The fraction of sp³-hybridized carbons (Fsp3) is 0.0833. The summed E-state index contributed by atoms with van der Waals surface area (Å²) in [6.07, 6.45) is 3.43. The lowest BCUT2D eigenvalue weighted by Crippen LogP contribution is -2.00. The highest BCUT2D eigenvalue weighted by Crippen LogP contribution is 2.34. The van der Waals surface area contributed by atoms with Crippen molar-refractivity contribution in [1.29, 1.82) is 0 Å². The molecule has 158 valence electrons. The molecular weight excluding hydrogens is 404 g/mol.